The Labute approximate surface area is 317 Å². The zero-order chi connectivity index (χ0) is 40.4. The number of rotatable bonds is 5. The zero-order valence-electron chi connectivity index (χ0n) is 33.1. The van der Waals surface area contributed by atoms with Crippen molar-refractivity contribution in [2.24, 2.45) is 23.7 Å². The van der Waals surface area contributed by atoms with Crippen molar-refractivity contribution in [3.05, 3.63) is 53.3 Å². The van der Waals surface area contributed by atoms with Crippen molar-refractivity contribution >= 4 is 39.8 Å². The van der Waals surface area contributed by atoms with Gasteiger partial charge in [-0.3, -0.25) is 14.4 Å². The number of phenols is 2. The highest BCUT2D eigenvalue weighted by Crippen LogP contribution is 2.54. The number of ether oxygens (including phenoxy) is 4. The third kappa shape index (κ3) is 7.94. The molecule has 2 aromatic rings. The van der Waals surface area contributed by atoms with Crippen LogP contribution in [0.4, 0.5) is 11.4 Å². The summed E-state index contributed by atoms with van der Waals surface area (Å²) in [5.41, 5.74) is 1.06. The number of aromatic hydroxyl groups is 2. The molecule has 5 rings (SSSR count). The lowest BCUT2D eigenvalue weighted by atomic mass is 9.78. The molecular formula is C41H56N2O11. The van der Waals surface area contributed by atoms with Crippen LogP contribution in [-0.2, 0) is 23.8 Å². The lowest BCUT2D eigenvalue weighted by Gasteiger charge is -2.38. The average molecular weight is 753 g/mol. The number of Topliss-reactive ketones (excluding diaryl/α,β-unsaturated/α-hetero) is 1. The number of allylic oxidation sites excluding steroid dienone is 2. The molecule has 5 N–H and O–H groups in total. The number of nitrogens with one attached hydrogen (secondary N) is 1. The largest absolute Gasteiger partial charge is 0.507 e. The third-order valence-electron chi connectivity index (χ3n) is 10.9. The van der Waals surface area contributed by atoms with Crippen LogP contribution in [0.2, 0.25) is 0 Å². The van der Waals surface area contributed by atoms with Crippen LogP contribution < -0.4 is 15.0 Å². The van der Waals surface area contributed by atoms with Crippen molar-refractivity contribution in [3.8, 4) is 17.2 Å². The summed E-state index contributed by atoms with van der Waals surface area (Å²) in [4.78, 5) is 42.1. The van der Waals surface area contributed by atoms with E-state index < -0.39 is 77.3 Å². The number of phenolic OH excluding ortho intramolecular Hbond substituents is 2. The highest BCUT2D eigenvalue weighted by molar-refractivity contribution is 6.23. The molecule has 9 atom stereocenters. The van der Waals surface area contributed by atoms with Crippen LogP contribution in [0.15, 0.2) is 42.2 Å². The van der Waals surface area contributed by atoms with Crippen LogP contribution in [0.5, 0.6) is 17.2 Å². The fraction of sp³-hybridized carbons (Fsp3) is 0.537. The minimum Gasteiger partial charge on any atom is -0.507 e. The van der Waals surface area contributed by atoms with Crippen molar-refractivity contribution in [2.75, 3.05) is 30.4 Å². The van der Waals surface area contributed by atoms with Gasteiger partial charge in [0.1, 0.15) is 17.6 Å². The summed E-state index contributed by atoms with van der Waals surface area (Å²) >= 11 is 0. The Bertz CT molecular complexity index is 1850. The second-order valence-electron chi connectivity index (χ2n) is 14.6. The SMILES string of the molecule is CCN(CC)c1cc2c(O)c3c(O)c(C)c4c(c13)C(=O)[C@@](C)(O/C=C/[C@H](OC)[C@@H](C)[C@@H](OC(C)=O)[C@H](C)[C@@H](O)[C@H](C)[C@H](O)[C@H](C)/C=C/C=C(/C)C(=O)N2)O4. The molecule has 5 bridgehead atoms. The minimum absolute atomic E-state index is 0.0241. The van der Waals surface area contributed by atoms with E-state index in [4.69, 9.17) is 18.9 Å². The second kappa shape index (κ2) is 16.8. The highest BCUT2D eigenvalue weighted by Gasteiger charge is 2.49. The van der Waals surface area contributed by atoms with Gasteiger partial charge < -0.3 is 49.6 Å². The summed E-state index contributed by atoms with van der Waals surface area (Å²) in [6.45, 7) is 17.7. The molecular weight excluding hydrogens is 696 g/mol. The fourth-order valence-corrected chi connectivity index (χ4v) is 7.46. The molecule has 296 valence electrons. The number of carbonyl (C=O) groups excluding carboxylic acids is 3. The number of hydrogen-bond donors (Lipinski definition) is 5. The van der Waals surface area contributed by atoms with E-state index in [0.29, 0.717) is 18.8 Å². The Morgan fingerprint density at radius 2 is 1.61 bits per heavy atom. The van der Waals surface area contributed by atoms with Crippen molar-refractivity contribution < 1.29 is 53.8 Å². The monoisotopic (exact) mass is 752 g/mol. The van der Waals surface area contributed by atoms with E-state index in [2.05, 4.69) is 5.32 Å². The van der Waals surface area contributed by atoms with Gasteiger partial charge in [0.2, 0.25) is 0 Å². The molecule has 0 saturated carbocycles. The average Bonchev–Trinajstić information content (AvgIpc) is 3.40. The molecule has 0 aliphatic carbocycles. The molecule has 0 radical (unpaired) electrons. The number of ketones is 1. The standard InChI is InChI=1S/C41H56N2O11/c1-12-43(13-2)28-19-27-36(48)31-30(28)32-38(25(8)35(31)47)54-41(10,39(32)49)52-18-17-29(51-11)22(5)37(53-26(9)44)24(7)34(46)23(6)33(45)20(3)15-14-16-21(4)40(50)42-27/h14-20,22-24,29,33-34,37,45-48H,12-13H2,1-11H3,(H,42,50)/b15-14+,18-17+,21-16-/t20-,22-,23-,24-,29+,33-,34+,37-,41+/m1/s1. The van der Waals surface area contributed by atoms with Gasteiger partial charge in [-0.1, -0.05) is 45.9 Å². The van der Waals surface area contributed by atoms with E-state index in [9.17, 15) is 34.8 Å². The molecule has 0 fully saturated rings. The lowest BCUT2D eigenvalue weighted by molar-refractivity contribution is -0.160. The van der Waals surface area contributed by atoms with Gasteiger partial charge in [-0.25, -0.2) is 0 Å². The Balaban J connectivity index is 1.95. The maximum Gasteiger partial charge on any atom is 0.312 e. The minimum atomic E-state index is -1.90. The van der Waals surface area contributed by atoms with Crippen molar-refractivity contribution in [1.82, 2.24) is 0 Å². The van der Waals surface area contributed by atoms with Gasteiger partial charge in [0.15, 0.2) is 5.75 Å². The van der Waals surface area contributed by atoms with Gasteiger partial charge in [0.25, 0.3) is 11.7 Å². The van der Waals surface area contributed by atoms with Crippen LogP contribution in [0.1, 0.15) is 78.2 Å². The number of carbonyl (C=O) groups is 3. The second-order valence-corrected chi connectivity index (χ2v) is 14.6. The van der Waals surface area contributed by atoms with Gasteiger partial charge in [0.05, 0.1) is 41.2 Å². The third-order valence-corrected chi connectivity index (χ3v) is 10.9. The Morgan fingerprint density at radius 3 is 2.20 bits per heavy atom. The molecule has 13 heteroatoms. The van der Waals surface area contributed by atoms with Gasteiger partial charge in [-0.05, 0) is 39.8 Å². The summed E-state index contributed by atoms with van der Waals surface area (Å²) in [6, 6.07) is 1.57. The van der Waals surface area contributed by atoms with Crippen molar-refractivity contribution in [3.63, 3.8) is 0 Å². The fourth-order valence-electron chi connectivity index (χ4n) is 7.46. The van der Waals surface area contributed by atoms with E-state index in [1.807, 2.05) is 18.7 Å². The molecule has 0 spiro atoms. The summed E-state index contributed by atoms with van der Waals surface area (Å²) in [5.74, 6) is -6.56. The number of amides is 1. The Kier molecular flexibility index (Phi) is 13.1. The molecule has 3 heterocycles. The van der Waals surface area contributed by atoms with E-state index >= 15 is 0 Å². The van der Waals surface area contributed by atoms with Crippen molar-refractivity contribution in [2.45, 2.75) is 99.4 Å². The quantitative estimate of drug-likeness (QED) is 0.180. The van der Waals surface area contributed by atoms with Crippen molar-refractivity contribution in [1.29, 1.82) is 0 Å². The zero-order valence-corrected chi connectivity index (χ0v) is 33.1. The summed E-state index contributed by atoms with van der Waals surface area (Å²) in [5, 5.41) is 49.0. The predicted octanol–water partition coefficient (Wildman–Crippen LogP) is 5.89. The first-order valence-corrected chi connectivity index (χ1v) is 18.5. The lowest BCUT2D eigenvalue weighted by Crippen LogP contribution is -2.46. The van der Waals surface area contributed by atoms with E-state index in [0.717, 1.165) is 0 Å². The Hall–Kier alpha value is -4.59. The first-order valence-electron chi connectivity index (χ1n) is 18.5. The van der Waals surface area contributed by atoms with Crippen LogP contribution in [0.3, 0.4) is 0 Å². The van der Waals surface area contributed by atoms with Crippen LogP contribution in [0.25, 0.3) is 10.8 Å². The van der Waals surface area contributed by atoms with Gasteiger partial charge in [-0.15, -0.1) is 0 Å². The normalized spacial score (nSPS) is 31.6. The number of aliphatic hydroxyl groups is 2. The maximum absolute atomic E-state index is 14.4. The van der Waals surface area contributed by atoms with Crippen LogP contribution >= 0.6 is 0 Å². The highest BCUT2D eigenvalue weighted by atomic mass is 16.7. The van der Waals surface area contributed by atoms with E-state index in [-0.39, 0.29) is 44.7 Å². The number of nitrogens with zero attached hydrogens (tertiary/aromatic N) is 1. The summed E-state index contributed by atoms with van der Waals surface area (Å²) in [6.07, 6.45) is 4.02. The molecule has 54 heavy (non-hydrogen) atoms. The van der Waals surface area contributed by atoms with E-state index in [1.165, 1.54) is 27.2 Å². The first-order chi connectivity index (χ1) is 25.3. The molecule has 13 nitrogen and oxygen atoms in total. The molecule has 0 unspecified atom stereocenters. The predicted molar refractivity (Wildman–Crippen MR) is 206 cm³/mol. The maximum atomic E-state index is 14.4. The number of benzene rings is 2. The molecule has 3 aliphatic rings. The number of methoxy groups -OCH3 is 1. The number of anilines is 2. The molecule has 0 aromatic heterocycles. The van der Waals surface area contributed by atoms with E-state index in [1.54, 1.807) is 71.9 Å². The number of hydrogen-bond acceptors (Lipinski definition) is 12. The summed E-state index contributed by atoms with van der Waals surface area (Å²) in [7, 11) is 1.47. The molecule has 0 saturated heterocycles. The molecule has 1 amide bonds. The first kappa shape index (κ1) is 42.2. The molecule has 2 aromatic carbocycles. The topological polar surface area (TPSA) is 184 Å². The number of esters is 1. The van der Waals surface area contributed by atoms with Gasteiger partial charge in [0, 0.05) is 79.9 Å². The smallest absolute Gasteiger partial charge is 0.312 e. The summed E-state index contributed by atoms with van der Waals surface area (Å²) < 4.78 is 23.7. The molecule has 3 aliphatic heterocycles. The number of aliphatic hydroxyl groups excluding tert-OH is 2. The van der Waals surface area contributed by atoms with Crippen LogP contribution in [-0.4, -0.2) is 88.5 Å². The van der Waals surface area contributed by atoms with Gasteiger partial charge in [-0.2, -0.15) is 0 Å². The van der Waals surface area contributed by atoms with Gasteiger partial charge >= 0.3 is 11.8 Å². The number of fused-ring (bicyclic) bond motifs is 14. The van der Waals surface area contributed by atoms with Crippen LogP contribution in [0, 0.1) is 30.6 Å². The Morgan fingerprint density at radius 1 is 0.963 bits per heavy atom.